The van der Waals surface area contributed by atoms with Crippen LogP contribution in [0.25, 0.3) is 0 Å². The molecule has 0 radical (unpaired) electrons. The van der Waals surface area contributed by atoms with Crippen molar-refractivity contribution in [3.05, 3.63) is 30.3 Å². The van der Waals surface area contributed by atoms with Gasteiger partial charge in [-0.2, -0.15) is 0 Å². The number of carbonyl (C=O) groups excluding carboxylic acids is 2. The van der Waals surface area contributed by atoms with Gasteiger partial charge in [0.25, 0.3) is 0 Å². The fourth-order valence-corrected chi connectivity index (χ4v) is 5.48. The normalized spacial score (nSPS) is 20.4. The Morgan fingerprint density at radius 3 is 2.38 bits per heavy atom. The van der Waals surface area contributed by atoms with E-state index in [4.69, 9.17) is 4.74 Å². The summed E-state index contributed by atoms with van der Waals surface area (Å²) >= 11 is 0. The fraction of sp³-hybridized carbons (Fsp3) is 0.652. The van der Waals surface area contributed by atoms with Crippen molar-refractivity contribution in [2.24, 2.45) is 5.92 Å². The van der Waals surface area contributed by atoms with Crippen LogP contribution in [0, 0.1) is 5.92 Å². The largest absolute Gasteiger partial charge is 0.376 e. The van der Waals surface area contributed by atoms with Gasteiger partial charge in [-0.15, -0.1) is 0 Å². The highest BCUT2D eigenvalue weighted by Crippen LogP contribution is 2.21. The van der Waals surface area contributed by atoms with E-state index in [1.54, 1.807) is 18.2 Å². The summed E-state index contributed by atoms with van der Waals surface area (Å²) in [5.74, 6) is -0.739. The number of sulfonamides is 1. The molecule has 2 amide bonds. The second-order valence-electron chi connectivity index (χ2n) is 9.00. The van der Waals surface area contributed by atoms with Gasteiger partial charge in [-0.25, -0.2) is 13.1 Å². The van der Waals surface area contributed by atoms with Gasteiger partial charge < -0.3 is 15.0 Å². The average Bonchev–Trinajstić information content (AvgIpc) is 3.46. The molecule has 1 saturated carbocycles. The van der Waals surface area contributed by atoms with E-state index < -0.39 is 28.5 Å². The topological polar surface area (TPSA) is 105 Å². The van der Waals surface area contributed by atoms with E-state index in [1.807, 2.05) is 13.8 Å². The van der Waals surface area contributed by atoms with Gasteiger partial charge in [-0.3, -0.25) is 9.59 Å². The Hall–Kier alpha value is -1.97. The van der Waals surface area contributed by atoms with Crippen LogP contribution in [-0.2, 0) is 24.3 Å². The fourth-order valence-electron chi connectivity index (χ4n) is 4.48. The number of carbonyl (C=O) groups is 2. The number of hydrogen-bond acceptors (Lipinski definition) is 5. The monoisotopic (exact) mass is 465 g/mol. The Morgan fingerprint density at radius 1 is 1.09 bits per heavy atom. The SMILES string of the molecule is CC(C)[C@H](C(=O)NC1CCCC1)N(C[C@@H]1CCCO1)C(=O)CNS(=O)(=O)c1ccccc1. The van der Waals surface area contributed by atoms with Crippen LogP contribution in [0.5, 0.6) is 0 Å². The lowest BCUT2D eigenvalue weighted by atomic mass is 9.99. The van der Waals surface area contributed by atoms with Crippen molar-refractivity contribution < 1.29 is 22.7 Å². The highest BCUT2D eigenvalue weighted by molar-refractivity contribution is 7.89. The van der Waals surface area contributed by atoms with E-state index in [0.29, 0.717) is 6.61 Å². The lowest BCUT2D eigenvalue weighted by molar-refractivity contribution is -0.143. The molecule has 178 valence electrons. The van der Waals surface area contributed by atoms with Gasteiger partial charge in [-0.05, 0) is 43.7 Å². The lowest BCUT2D eigenvalue weighted by Gasteiger charge is -2.35. The van der Waals surface area contributed by atoms with Crippen LogP contribution < -0.4 is 10.0 Å². The predicted octanol–water partition coefficient (Wildman–Crippen LogP) is 2.06. The zero-order valence-electron chi connectivity index (χ0n) is 19.0. The van der Waals surface area contributed by atoms with Gasteiger partial charge in [0.1, 0.15) is 6.04 Å². The summed E-state index contributed by atoms with van der Waals surface area (Å²) in [4.78, 5) is 28.1. The number of nitrogens with zero attached hydrogens (tertiary/aromatic N) is 1. The summed E-state index contributed by atoms with van der Waals surface area (Å²) in [5.41, 5.74) is 0. The Labute approximate surface area is 191 Å². The molecule has 1 saturated heterocycles. The molecule has 8 nitrogen and oxygen atoms in total. The molecule has 1 aliphatic heterocycles. The smallest absolute Gasteiger partial charge is 0.243 e. The van der Waals surface area contributed by atoms with Crippen LogP contribution in [0.3, 0.4) is 0 Å². The molecule has 2 fully saturated rings. The number of benzene rings is 1. The molecule has 0 spiro atoms. The first-order valence-corrected chi connectivity index (χ1v) is 13.0. The highest BCUT2D eigenvalue weighted by Gasteiger charge is 2.36. The van der Waals surface area contributed by atoms with Crippen LogP contribution in [0.4, 0.5) is 0 Å². The van der Waals surface area contributed by atoms with Crippen molar-refractivity contribution in [2.45, 2.75) is 75.5 Å². The maximum absolute atomic E-state index is 13.3. The Kier molecular flexibility index (Phi) is 8.67. The third-order valence-corrected chi connectivity index (χ3v) is 7.57. The molecule has 1 aliphatic carbocycles. The first kappa shape index (κ1) is 24.7. The van der Waals surface area contributed by atoms with Gasteiger partial charge in [-0.1, -0.05) is 44.9 Å². The maximum atomic E-state index is 13.3. The van der Waals surface area contributed by atoms with Crippen molar-refractivity contribution >= 4 is 21.8 Å². The number of hydrogen-bond donors (Lipinski definition) is 2. The van der Waals surface area contributed by atoms with Crippen molar-refractivity contribution in [1.82, 2.24) is 14.9 Å². The third-order valence-electron chi connectivity index (χ3n) is 6.15. The van der Waals surface area contributed by atoms with E-state index in [9.17, 15) is 18.0 Å². The highest BCUT2D eigenvalue weighted by atomic mass is 32.2. The molecule has 9 heteroatoms. The Morgan fingerprint density at radius 2 is 1.78 bits per heavy atom. The molecule has 1 aromatic carbocycles. The molecular weight excluding hydrogens is 430 g/mol. The number of amides is 2. The molecule has 0 bridgehead atoms. The summed E-state index contributed by atoms with van der Waals surface area (Å²) in [6.07, 6.45) is 5.67. The van der Waals surface area contributed by atoms with Crippen LogP contribution in [0.15, 0.2) is 35.2 Å². The molecule has 3 rings (SSSR count). The number of nitrogens with one attached hydrogen (secondary N) is 2. The van der Waals surface area contributed by atoms with Gasteiger partial charge in [0, 0.05) is 19.2 Å². The molecule has 1 aromatic rings. The summed E-state index contributed by atoms with van der Waals surface area (Å²) in [6.45, 7) is 4.30. The molecule has 2 N–H and O–H groups in total. The maximum Gasteiger partial charge on any atom is 0.243 e. The zero-order valence-corrected chi connectivity index (χ0v) is 19.8. The average molecular weight is 466 g/mol. The van der Waals surface area contributed by atoms with E-state index in [2.05, 4.69) is 10.0 Å². The van der Waals surface area contributed by atoms with Gasteiger partial charge in [0.15, 0.2) is 0 Å². The van der Waals surface area contributed by atoms with Crippen LogP contribution >= 0.6 is 0 Å². The summed E-state index contributed by atoms with van der Waals surface area (Å²) < 4.78 is 33.3. The van der Waals surface area contributed by atoms with Gasteiger partial charge >= 0.3 is 0 Å². The molecule has 1 heterocycles. The van der Waals surface area contributed by atoms with E-state index in [1.165, 1.54) is 17.0 Å². The second kappa shape index (κ2) is 11.2. The molecular formula is C23H35N3O5S. The van der Waals surface area contributed by atoms with Crippen molar-refractivity contribution in [3.8, 4) is 0 Å². The molecule has 2 atom stereocenters. The minimum absolute atomic E-state index is 0.0952. The first-order valence-electron chi connectivity index (χ1n) is 11.5. The predicted molar refractivity (Wildman–Crippen MR) is 121 cm³/mol. The van der Waals surface area contributed by atoms with Crippen molar-refractivity contribution in [1.29, 1.82) is 0 Å². The van der Waals surface area contributed by atoms with Crippen LogP contribution in [0.2, 0.25) is 0 Å². The lowest BCUT2D eigenvalue weighted by Crippen LogP contribution is -2.57. The number of rotatable bonds is 10. The standard InChI is InChI=1S/C23H35N3O5S/c1-17(2)22(23(28)25-18-9-6-7-10-18)26(16-19-11-8-14-31-19)21(27)15-24-32(29,30)20-12-4-3-5-13-20/h3-5,12-13,17-19,22,24H,6-11,14-16H2,1-2H3,(H,25,28)/t19-,22+/m0/s1. The van der Waals surface area contributed by atoms with Crippen molar-refractivity contribution in [3.63, 3.8) is 0 Å². The molecule has 0 unspecified atom stereocenters. The first-order chi connectivity index (χ1) is 15.3. The van der Waals surface area contributed by atoms with E-state index in [-0.39, 0.29) is 35.4 Å². The summed E-state index contributed by atoms with van der Waals surface area (Å²) in [6, 6.07) is 7.38. The van der Waals surface area contributed by atoms with E-state index in [0.717, 1.165) is 38.5 Å². The quantitative estimate of drug-likeness (QED) is 0.550. The van der Waals surface area contributed by atoms with E-state index >= 15 is 0 Å². The number of ether oxygens (including phenoxy) is 1. The Balaban J connectivity index is 1.74. The minimum atomic E-state index is -3.83. The van der Waals surface area contributed by atoms with Gasteiger partial charge in [0.05, 0.1) is 17.5 Å². The van der Waals surface area contributed by atoms with Crippen molar-refractivity contribution in [2.75, 3.05) is 19.7 Å². The van der Waals surface area contributed by atoms with Crippen LogP contribution in [-0.4, -0.2) is 63.0 Å². The zero-order chi connectivity index (χ0) is 23.1. The molecule has 32 heavy (non-hydrogen) atoms. The third kappa shape index (κ3) is 6.52. The molecule has 2 aliphatic rings. The Bertz CT molecular complexity index is 863. The van der Waals surface area contributed by atoms with Crippen LogP contribution in [0.1, 0.15) is 52.4 Å². The molecule has 0 aromatic heterocycles. The summed E-state index contributed by atoms with van der Waals surface area (Å²) in [5, 5.41) is 3.11. The minimum Gasteiger partial charge on any atom is -0.376 e. The summed E-state index contributed by atoms with van der Waals surface area (Å²) in [7, 11) is -3.83. The second-order valence-corrected chi connectivity index (χ2v) is 10.8. The van der Waals surface area contributed by atoms with Gasteiger partial charge in [0.2, 0.25) is 21.8 Å².